The van der Waals surface area contributed by atoms with Gasteiger partial charge < -0.3 is 5.32 Å². The Bertz CT molecular complexity index is 251. The predicted molar refractivity (Wildman–Crippen MR) is 63.4 cm³/mol. The molecule has 14 heavy (non-hydrogen) atoms. The average molecular weight is 189 g/mol. The molecule has 2 radical (unpaired) electrons. The van der Waals surface area contributed by atoms with E-state index in [4.69, 9.17) is 7.85 Å². The van der Waals surface area contributed by atoms with Gasteiger partial charge in [0.1, 0.15) is 0 Å². The maximum Gasteiger partial charge on any atom is 0.0712 e. The highest BCUT2D eigenvalue weighted by Gasteiger charge is 2.17. The standard InChI is InChI=1S/C12H20BN/c1-4-14-11-6-5-10(9-13)7-12(2,3)8-11/h7-8,14H,4-6,9H2,1-3H3. The van der Waals surface area contributed by atoms with Gasteiger partial charge in [0.05, 0.1) is 7.85 Å². The number of allylic oxidation sites excluding steroid dienone is 4. The summed E-state index contributed by atoms with van der Waals surface area (Å²) in [4.78, 5) is 0. The van der Waals surface area contributed by atoms with Crippen molar-refractivity contribution in [1.82, 2.24) is 5.32 Å². The Labute approximate surface area is 89.1 Å². The fourth-order valence-electron chi connectivity index (χ4n) is 1.98. The molecule has 0 bridgehead atoms. The minimum Gasteiger partial charge on any atom is -0.389 e. The van der Waals surface area contributed by atoms with Gasteiger partial charge in [0.2, 0.25) is 0 Å². The summed E-state index contributed by atoms with van der Waals surface area (Å²) >= 11 is 0. The highest BCUT2D eigenvalue weighted by Crippen LogP contribution is 2.30. The highest BCUT2D eigenvalue weighted by atomic mass is 14.9. The van der Waals surface area contributed by atoms with Crippen LogP contribution in [0.4, 0.5) is 0 Å². The monoisotopic (exact) mass is 189 g/mol. The van der Waals surface area contributed by atoms with Crippen molar-refractivity contribution in [2.45, 2.75) is 39.9 Å². The average Bonchev–Trinajstić information content (AvgIpc) is 2.24. The third-order valence-corrected chi connectivity index (χ3v) is 2.50. The van der Waals surface area contributed by atoms with E-state index in [2.05, 4.69) is 38.2 Å². The second kappa shape index (κ2) is 4.72. The van der Waals surface area contributed by atoms with Crippen LogP contribution in [0.25, 0.3) is 0 Å². The molecule has 0 unspecified atom stereocenters. The summed E-state index contributed by atoms with van der Waals surface area (Å²) in [6, 6.07) is 0. The first-order valence-electron chi connectivity index (χ1n) is 5.43. The van der Waals surface area contributed by atoms with Gasteiger partial charge in [-0.3, -0.25) is 0 Å². The Hall–Kier alpha value is -0.655. The second-order valence-electron chi connectivity index (χ2n) is 4.53. The Kier molecular flexibility index (Phi) is 3.85. The predicted octanol–water partition coefficient (Wildman–Crippen LogP) is 2.81. The van der Waals surface area contributed by atoms with Crippen LogP contribution in [0, 0.1) is 5.41 Å². The molecule has 1 rings (SSSR count). The first-order chi connectivity index (χ1) is 6.57. The topological polar surface area (TPSA) is 12.0 Å². The molecular weight excluding hydrogens is 169 g/mol. The van der Waals surface area contributed by atoms with E-state index in [0.717, 1.165) is 19.4 Å². The van der Waals surface area contributed by atoms with Gasteiger partial charge in [0.25, 0.3) is 0 Å². The Morgan fingerprint density at radius 3 is 2.64 bits per heavy atom. The van der Waals surface area contributed by atoms with Crippen LogP contribution in [0.2, 0.25) is 6.32 Å². The van der Waals surface area contributed by atoms with E-state index in [0.29, 0.717) is 6.32 Å². The summed E-state index contributed by atoms with van der Waals surface area (Å²) in [6.45, 7) is 7.59. The first kappa shape index (κ1) is 11.4. The second-order valence-corrected chi connectivity index (χ2v) is 4.53. The number of hydrogen-bond donors (Lipinski definition) is 1. The fourth-order valence-corrected chi connectivity index (χ4v) is 1.98. The van der Waals surface area contributed by atoms with Gasteiger partial charge in [-0.05, 0) is 19.8 Å². The molecule has 0 fully saturated rings. The van der Waals surface area contributed by atoms with E-state index in [9.17, 15) is 0 Å². The fraction of sp³-hybridized carbons (Fsp3) is 0.667. The van der Waals surface area contributed by atoms with Crippen molar-refractivity contribution >= 4 is 7.85 Å². The van der Waals surface area contributed by atoms with E-state index in [-0.39, 0.29) is 5.41 Å². The lowest BCUT2D eigenvalue weighted by Gasteiger charge is -2.16. The van der Waals surface area contributed by atoms with Crippen LogP contribution >= 0.6 is 0 Å². The lowest BCUT2D eigenvalue weighted by molar-refractivity contribution is 0.611. The maximum absolute atomic E-state index is 5.70. The van der Waals surface area contributed by atoms with Gasteiger partial charge in [-0.25, -0.2) is 0 Å². The van der Waals surface area contributed by atoms with E-state index in [1.165, 1.54) is 11.3 Å². The molecule has 0 aromatic carbocycles. The summed E-state index contributed by atoms with van der Waals surface area (Å²) in [5.74, 6) is 0. The van der Waals surface area contributed by atoms with Crippen molar-refractivity contribution in [3.8, 4) is 0 Å². The number of hydrogen-bond acceptors (Lipinski definition) is 1. The Balaban J connectivity index is 2.79. The van der Waals surface area contributed by atoms with E-state index in [1.807, 2.05) is 0 Å². The molecule has 1 aliphatic carbocycles. The molecule has 1 aliphatic rings. The molecule has 0 heterocycles. The molecule has 1 nitrogen and oxygen atoms in total. The molecule has 2 heteroatoms. The minimum atomic E-state index is 0.142. The molecule has 0 spiro atoms. The maximum atomic E-state index is 5.70. The molecule has 0 saturated carbocycles. The SMILES string of the molecule is [B]CC1=CC(C)(C)C=C(NCC)CC1. The van der Waals surface area contributed by atoms with Gasteiger partial charge in [0.15, 0.2) is 0 Å². The van der Waals surface area contributed by atoms with Crippen molar-refractivity contribution in [3.63, 3.8) is 0 Å². The van der Waals surface area contributed by atoms with Gasteiger partial charge in [-0.1, -0.05) is 37.9 Å². The van der Waals surface area contributed by atoms with Gasteiger partial charge in [-0.15, -0.1) is 0 Å². The van der Waals surface area contributed by atoms with Gasteiger partial charge in [0, 0.05) is 17.7 Å². The van der Waals surface area contributed by atoms with Crippen LogP contribution in [-0.2, 0) is 0 Å². The van der Waals surface area contributed by atoms with Gasteiger partial charge >= 0.3 is 0 Å². The largest absolute Gasteiger partial charge is 0.389 e. The normalized spacial score (nSPS) is 20.8. The van der Waals surface area contributed by atoms with Crippen molar-refractivity contribution in [2.75, 3.05) is 6.54 Å². The molecule has 0 aromatic rings. The first-order valence-corrected chi connectivity index (χ1v) is 5.43. The third-order valence-electron chi connectivity index (χ3n) is 2.50. The van der Waals surface area contributed by atoms with Crippen molar-refractivity contribution in [2.24, 2.45) is 5.41 Å². The Morgan fingerprint density at radius 2 is 2.07 bits per heavy atom. The number of rotatable bonds is 3. The number of nitrogens with one attached hydrogen (secondary N) is 1. The van der Waals surface area contributed by atoms with Crippen LogP contribution in [0.5, 0.6) is 0 Å². The summed E-state index contributed by atoms with van der Waals surface area (Å²) in [7, 11) is 5.70. The zero-order chi connectivity index (χ0) is 10.6. The zero-order valence-corrected chi connectivity index (χ0v) is 9.56. The molecule has 0 aliphatic heterocycles. The third kappa shape index (κ3) is 3.24. The molecule has 0 atom stereocenters. The van der Waals surface area contributed by atoms with Crippen LogP contribution in [-0.4, -0.2) is 14.4 Å². The van der Waals surface area contributed by atoms with E-state index < -0.39 is 0 Å². The molecular formula is C12H20BN. The van der Waals surface area contributed by atoms with Crippen molar-refractivity contribution in [3.05, 3.63) is 23.4 Å². The summed E-state index contributed by atoms with van der Waals surface area (Å²) in [6.07, 6.45) is 7.51. The van der Waals surface area contributed by atoms with Crippen molar-refractivity contribution < 1.29 is 0 Å². The summed E-state index contributed by atoms with van der Waals surface area (Å²) in [5, 5.41) is 3.41. The Morgan fingerprint density at radius 1 is 1.36 bits per heavy atom. The van der Waals surface area contributed by atoms with E-state index in [1.54, 1.807) is 0 Å². The van der Waals surface area contributed by atoms with Crippen LogP contribution < -0.4 is 5.32 Å². The smallest absolute Gasteiger partial charge is 0.0712 e. The quantitative estimate of drug-likeness (QED) is 0.531. The summed E-state index contributed by atoms with van der Waals surface area (Å²) in [5.41, 5.74) is 2.87. The van der Waals surface area contributed by atoms with Crippen LogP contribution in [0.1, 0.15) is 33.6 Å². The van der Waals surface area contributed by atoms with E-state index >= 15 is 0 Å². The molecule has 1 N–H and O–H groups in total. The van der Waals surface area contributed by atoms with Crippen molar-refractivity contribution in [1.29, 1.82) is 0 Å². The molecule has 76 valence electrons. The molecule has 0 saturated heterocycles. The lowest BCUT2D eigenvalue weighted by Crippen LogP contribution is -2.14. The van der Waals surface area contributed by atoms with Crippen LogP contribution in [0.3, 0.4) is 0 Å². The van der Waals surface area contributed by atoms with Gasteiger partial charge in [-0.2, -0.15) is 0 Å². The lowest BCUT2D eigenvalue weighted by atomic mass is 9.87. The highest BCUT2D eigenvalue weighted by molar-refractivity contribution is 6.10. The molecule has 0 aromatic heterocycles. The summed E-state index contributed by atoms with van der Waals surface area (Å²) < 4.78 is 0. The minimum absolute atomic E-state index is 0.142. The van der Waals surface area contributed by atoms with Crippen LogP contribution in [0.15, 0.2) is 23.4 Å². The zero-order valence-electron chi connectivity index (χ0n) is 9.56. The molecule has 0 amide bonds.